The fraction of sp³-hybridized carbons (Fsp3) is 0.417. The molecule has 1 fully saturated rings. The van der Waals surface area contributed by atoms with Crippen LogP contribution in [-0.2, 0) is 6.54 Å². The van der Waals surface area contributed by atoms with E-state index in [1.807, 2.05) is 4.57 Å². The van der Waals surface area contributed by atoms with Crippen molar-refractivity contribution in [2.24, 2.45) is 11.8 Å². The van der Waals surface area contributed by atoms with E-state index in [1.165, 1.54) is 18.6 Å². The number of imidazole rings is 1. The third-order valence-electron chi connectivity index (χ3n) is 3.43. The minimum Gasteiger partial charge on any atom is -0.369 e. The topological polar surface area (TPSA) is 43.8 Å². The van der Waals surface area contributed by atoms with Crippen LogP contribution < -0.4 is 5.73 Å². The van der Waals surface area contributed by atoms with Gasteiger partial charge in [-0.25, -0.2) is 9.37 Å². The molecule has 0 spiro atoms. The van der Waals surface area contributed by atoms with Gasteiger partial charge in [-0.1, -0.05) is 6.92 Å². The van der Waals surface area contributed by atoms with Gasteiger partial charge >= 0.3 is 0 Å². The van der Waals surface area contributed by atoms with Crippen LogP contribution in [0.1, 0.15) is 13.3 Å². The van der Waals surface area contributed by atoms with Gasteiger partial charge < -0.3 is 10.3 Å². The summed E-state index contributed by atoms with van der Waals surface area (Å²) >= 11 is 0. The molecule has 2 atom stereocenters. The minimum absolute atomic E-state index is 0.267. The van der Waals surface area contributed by atoms with Gasteiger partial charge in [0.25, 0.3) is 0 Å². The molecule has 0 bridgehead atoms. The summed E-state index contributed by atoms with van der Waals surface area (Å²) in [7, 11) is 0. The number of nitrogens with zero attached hydrogens (tertiary/aromatic N) is 2. The van der Waals surface area contributed by atoms with E-state index >= 15 is 0 Å². The molecule has 1 aromatic carbocycles. The first-order chi connectivity index (χ1) is 7.65. The van der Waals surface area contributed by atoms with Crippen LogP contribution in [0.2, 0.25) is 0 Å². The molecule has 84 valence electrons. The Morgan fingerprint density at radius 2 is 2.31 bits per heavy atom. The number of halogens is 1. The lowest BCUT2D eigenvalue weighted by molar-refractivity contribution is 0.611. The predicted molar refractivity (Wildman–Crippen MR) is 61.4 cm³/mol. The number of nitrogen functional groups attached to an aromatic ring is 1. The molecule has 0 saturated heterocycles. The lowest BCUT2D eigenvalue weighted by atomic mass is 10.3. The molecule has 2 unspecified atom stereocenters. The molecule has 1 saturated carbocycles. The number of nitrogens with two attached hydrogens (primary N) is 1. The number of hydrogen-bond acceptors (Lipinski definition) is 2. The van der Waals surface area contributed by atoms with Gasteiger partial charge in [0.15, 0.2) is 0 Å². The van der Waals surface area contributed by atoms with Crippen LogP contribution in [0.4, 0.5) is 10.3 Å². The Hall–Kier alpha value is -1.58. The Labute approximate surface area is 93.1 Å². The van der Waals surface area contributed by atoms with Gasteiger partial charge in [-0.3, -0.25) is 0 Å². The van der Waals surface area contributed by atoms with Gasteiger partial charge in [-0.05, 0) is 30.4 Å². The summed E-state index contributed by atoms with van der Waals surface area (Å²) in [6, 6.07) is 4.63. The van der Waals surface area contributed by atoms with Crippen LogP contribution in [0.25, 0.3) is 11.0 Å². The summed E-state index contributed by atoms with van der Waals surface area (Å²) in [6.45, 7) is 3.13. The molecule has 1 heterocycles. The summed E-state index contributed by atoms with van der Waals surface area (Å²) in [4.78, 5) is 4.18. The van der Waals surface area contributed by atoms with Gasteiger partial charge in [-0.2, -0.15) is 0 Å². The molecule has 16 heavy (non-hydrogen) atoms. The van der Waals surface area contributed by atoms with E-state index in [9.17, 15) is 4.39 Å². The number of fused-ring (bicyclic) bond motifs is 1. The fourth-order valence-corrected chi connectivity index (χ4v) is 2.20. The molecule has 3 nitrogen and oxygen atoms in total. The van der Waals surface area contributed by atoms with Crippen molar-refractivity contribution in [3.63, 3.8) is 0 Å². The Balaban J connectivity index is 2.05. The fourth-order valence-electron chi connectivity index (χ4n) is 2.20. The van der Waals surface area contributed by atoms with Crippen molar-refractivity contribution in [3.8, 4) is 0 Å². The number of hydrogen-bond donors (Lipinski definition) is 1. The van der Waals surface area contributed by atoms with E-state index < -0.39 is 0 Å². The Morgan fingerprint density at radius 1 is 1.56 bits per heavy atom. The molecule has 0 radical (unpaired) electrons. The van der Waals surface area contributed by atoms with Crippen molar-refractivity contribution in [1.29, 1.82) is 0 Å². The number of rotatable bonds is 2. The third-order valence-corrected chi connectivity index (χ3v) is 3.43. The Morgan fingerprint density at radius 3 is 3.00 bits per heavy atom. The summed E-state index contributed by atoms with van der Waals surface area (Å²) in [5.41, 5.74) is 7.43. The molecule has 0 amide bonds. The zero-order valence-corrected chi connectivity index (χ0v) is 9.15. The van der Waals surface area contributed by atoms with Crippen LogP contribution in [0, 0.1) is 17.7 Å². The van der Waals surface area contributed by atoms with Crippen molar-refractivity contribution in [2.75, 3.05) is 5.73 Å². The Kier molecular flexibility index (Phi) is 1.93. The standard InChI is InChI=1S/C12H14FN3/c1-7-4-8(7)6-16-11-3-2-9(13)5-10(11)15-12(16)14/h2-3,5,7-8H,4,6H2,1H3,(H2,14,15). The van der Waals surface area contributed by atoms with Crippen molar-refractivity contribution in [3.05, 3.63) is 24.0 Å². The highest BCUT2D eigenvalue weighted by Gasteiger charge is 2.33. The van der Waals surface area contributed by atoms with E-state index in [-0.39, 0.29) is 5.82 Å². The van der Waals surface area contributed by atoms with E-state index in [4.69, 9.17) is 5.73 Å². The summed E-state index contributed by atoms with van der Waals surface area (Å²) < 4.78 is 15.0. The number of aromatic nitrogens is 2. The zero-order chi connectivity index (χ0) is 11.3. The van der Waals surface area contributed by atoms with Crippen molar-refractivity contribution in [1.82, 2.24) is 9.55 Å². The normalized spacial score (nSPS) is 23.9. The highest BCUT2D eigenvalue weighted by molar-refractivity contribution is 5.78. The molecule has 1 aliphatic carbocycles. The van der Waals surface area contributed by atoms with E-state index in [2.05, 4.69) is 11.9 Å². The van der Waals surface area contributed by atoms with Gasteiger partial charge in [0.05, 0.1) is 11.0 Å². The summed E-state index contributed by atoms with van der Waals surface area (Å²) in [5.74, 6) is 1.69. The second-order valence-electron chi connectivity index (χ2n) is 4.69. The summed E-state index contributed by atoms with van der Waals surface area (Å²) in [6.07, 6.45) is 1.25. The SMILES string of the molecule is CC1CC1Cn1c(N)nc2cc(F)ccc21. The zero-order valence-electron chi connectivity index (χ0n) is 9.15. The van der Waals surface area contributed by atoms with Crippen LogP contribution >= 0.6 is 0 Å². The second-order valence-corrected chi connectivity index (χ2v) is 4.69. The first-order valence-electron chi connectivity index (χ1n) is 5.56. The molecule has 2 N–H and O–H groups in total. The second kappa shape index (κ2) is 3.20. The molecular formula is C12H14FN3. The smallest absolute Gasteiger partial charge is 0.201 e. The molecule has 4 heteroatoms. The van der Waals surface area contributed by atoms with Crippen molar-refractivity contribution < 1.29 is 4.39 Å². The molecule has 0 aliphatic heterocycles. The quantitative estimate of drug-likeness (QED) is 0.842. The third kappa shape index (κ3) is 1.45. The molecule has 1 aromatic heterocycles. The molecular weight excluding hydrogens is 205 g/mol. The van der Waals surface area contributed by atoms with Crippen LogP contribution in [-0.4, -0.2) is 9.55 Å². The monoisotopic (exact) mass is 219 g/mol. The van der Waals surface area contributed by atoms with Crippen LogP contribution in [0.3, 0.4) is 0 Å². The maximum Gasteiger partial charge on any atom is 0.201 e. The maximum atomic E-state index is 13.0. The van der Waals surface area contributed by atoms with Crippen LogP contribution in [0.5, 0.6) is 0 Å². The Bertz CT molecular complexity index is 546. The maximum absolute atomic E-state index is 13.0. The van der Waals surface area contributed by atoms with Crippen LogP contribution in [0.15, 0.2) is 18.2 Å². The van der Waals surface area contributed by atoms with E-state index in [1.54, 1.807) is 6.07 Å². The van der Waals surface area contributed by atoms with Gasteiger partial charge in [0.1, 0.15) is 5.82 Å². The molecule has 2 aromatic rings. The van der Waals surface area contributed by atoms with E-state index in [0.717, 1.165) is 18.0 Å². The van der Waals surface area contributed by atoms with E-state index in [0.29, 0.717) is 17.4 Å². The summed E-state index contributed by atoms with van der Waals surface area (Å²) in [5, 5.41) is 0. The predicted octanol–water partition coefficient (Wildman–Crippen LogP) is 2.41. The van der Waals surface area contributed by atoms with Crippen molar-refractivity contribution in [2.45, 2.75) is 19.9 Å². The van der Waals surface area contributed by atoms with Crippen molar-refractivity contribution >= 4 is 17.0 Å². The largest absolute Gasteiger partial charge is 0.369 e. The first-order valence-corrected chi connectivity index (χ1v) is 5.56. The first kappa shape index (κ1) is 9.63. The average Bonchev–Trinajstić information content (AvgIpc) is 2.82. The molecule has 1 aliphatic rings. The number of anilines is 1. The average molecular weight is 219 g/mol. The number of benzene rings is 1. The lowest BCUT2D eigenvalue weighted by Gasteiger charge is -2.04. The van der Waals surface area contributed by atoms with Gasteiger partial charge in [0.2, 0.25) is 5.95 Å². The highest BCUT2D eigenvalue weighted by atomic mass is 19.1. The van der Waals surface area contributed by atoms with Gasteiger partial charge in [0, 0.05) is 12.6 Å². The highest BCUT2D eigenvalue weighted by Crippen LogP contribution is 2.40. The lowest BCUT2D eigenvalue weighted by Crippen LogP contribution is -2.05. The minimum atomic E-state index is -0.267. The molecule has 3 rings (SSSR count). The van der Waals surface area contributed by atoms with Gasteiger partial charge in [-0.15, -0.1) is 0 Å².